The fourth-order valence-electron chi connectivity index (χ4n) is 0.975. The topological polar surface area (TPSA) is 56.0 Å². The first kappa shape index (κ1) is 11.7. The van der Waals surface area contributed by atoms with Gasteiger partial charge in [0, 0.05) is 5.56 Å². The number of nitro groups is 1. The Bertz CT molecular complexity index is 400. The molecule has 8 heteroatoms. The minimum absolute atomic E-state index is 0.451. The van der Waals surface area contributed by atoms with Crippen molar-refractivity contribution >= 4 is 17.3 Å². The highest BCUT2D eigenvalue weighted by atomic mass is 35.5. The van der Waals surface area contributed by atoms with Crippen LogP contribution < -0.4 is 0 Å². The molecule has 0 bridgehead atoms. The maximum atomic E-state index is 13.2. The van der Waals surface area contributed by atoms with Crippen LogP contribution in [-0.2, 0) is 5.88 Å². The van der Waals surface area contributed by atoms with Crippen molar-refractivity contribution in [3.63, 3.8) is 0 Å². The lowest BCUT2D eigenvalue weighted by Gasteiger charge is -2.05. The van der Waals surface area contributed by atoms with Crippen LogP contribution in [0.5, 0.6) is 0 Å². The van der Waals surface area contributed by atoms with Crippen molar-refractivity contribution in [3.8, 4) is 0 Å². The van der Waals surface area contributed by atoms with E-state index in [1.165, 1.54) is 0 Å². The summed E-state index contributed by atoms with van der Waals surface area (Å²) in [4.78, 5) is 12.3. The standard InChI is InChI=1S/C7H4ClF3N2O2/c8-1-3-5(9)4(13(14)15)2-12-6(3)7(10)11/h2,7H,1H2. The molecule has 0 atom stereocenters. The summed E-state index contributed by atoms with van der Waals surface area (Å²) >= 11 is 5.22. The summed E-state index contributed by atoms with van der Waals surface area (Å²) in [5, 5.41) is 10.3. The maximum Gasteiger partial charge on any atom is 0.323 e. The van der Waals surface area contributed by atoms with Gasteiger partial charge < -0.3 is 0 Å². The number of rotatable bonds is 3. The van der Waals surface area contributed by atoms with E-state index in [1.807, 2.05) is 0 Å². The quantitative estimate of drug-likeness (QED) is 0.464. The van der Waals surface area contributed by atoms with Crippen molar-refractivity contribution in [1.29, 1.82) is 0 Å². The molecule has 0 N–H and O–H groups in total. The zero-order valence-corrected chi connectivity index (χ0v) is 7.84. The molecule has 1 aromatic rings. The molecule has 15 heavy (non-hydrogen) atoms. The Kier molecular flexibility index (Phi) is 3.46. The molecule has 0 saturated heterocycles. The van der Waals surface area contributed by atoms with Gasteiger partial charge >= 0.3 is 5.69 Å². The van der Waals surface area contributed by atoms with Crippen molar-refractivity contribution in [2.75, 3.05) is 0 Å². The second-order valence-electron chi connectivity index (χ2n) is 2.51. The number of hydrogen-bond acceptors (Lipinski definition) is 3. The van der Waals surface area contributed by atoms with Gasteiger partial charge in [0.15, 0.2) is 0 Å². The molecule has 0 aliphatic carbocycles. The van der Waals surface area contributed by atoms with Gasteiger partial charge in [-0.3, -0.25) is 10.1 Å². The van der Waals surface area contributed by atoms with E-state index in [4.69, 9.17) is 11.6 Å². The number of pyridine rings is 1. The van der Waals surface area contributed by atoms with E-state index in [1.54, 1.807) is 0 Å². The van der Waals surface area contributed by atoms with Crippen LogP contribution in [0.1, 0.15) is 17.7 Å². The number of hydrogen-bond donors (Lipinski definition) is 0. The fourth-order valence-corrected chi connectivity index (χ4v) is 1.23. The van der Waals surface area contributed by atoms with Gasteiger partial charge in [-0.25, -0.2) is 13.8 Å². The number of nitrogens with zero attached hydrogens (tertiary/aromatic N) is 2. The SMILES string of the molecule is O=[N+]([O-])c1cnc(C(F)F)c(CCl)c1F. The first-order valence-corrected chi connectivity index (χ1v) is 4.18. The Morgan fingerprint density at radius 1 is 1.60 bits per heavy atom. The van der Waals surface area contributed by atoms with Gasteiger partial charge in [0.05, 0.1) is 10.8 Å². The van der Waals surface area contributed by atoms with Crippen LogP contribution in [0.4, 0.5) is 18.9 Å². The van der Waals surface area contributed by atoms with Gasteiger partial charge in [-0.2, -0.15) is 4.39 Å². The van der Waals surface area contributed by atoms with Crippen LogP contribution >= 0.6 is 11.6 Å². The van der Waals surface area contributed by atoms with Gasteiger partial charge in [-0.15, -0.1) is 11.6 Å². The van der Waals surface area contributed by atoms with Gasteiger partial charge in [0.2, 0.25) is 5.82 Å². The molecular weight excluding hydrogens is 237 g/mol. The Morgan fingerprint density at radius 2 is 2.20 bits per heavy atom. The highest BCUT2D eigenvalue weighted by Crippen LogP contribution is 2.28. The molecule has 1 aromatic heterocycles. The van der Waals surface area contributed by atoms with Crippen molar-refractivity contribution in [2.45, 2.75) is 12.3 Å². The molecule has 0 aliphatic heterocycles. The van der Waals surface area contributed by atoms with E-state index < -0.39 is 40.0 Å². The lowest BCUT2D eigenvalue weighted by Crippen LogP contribution is -2.04. The molecule has 0 saturated carbocycles. The van der Waals surface area contributed by atoms with Crippen molar-refractivity contribution < 1.29 is 18.1 Å². The van der Waals surface area contributed by atoms with Crippen LogP contribution in [0.25, 0.3) is 0 Å². The average molecular weight is 241 g/mol. The highest BCUT2D eigenvalue weighted by Gasteiger charge is 2.25. The van der Waals surface area contributed by atoms with Gasteiger partial charge in [-0.1, -0.05) is 0 Å². The van der Waals surface area contributed by atoms with E-state index >= 15 is 0 Å². The predicted molar refractivity (Wildman–Crippen MR) is 45.4 cm³/mol. The predicted octanol–water partition coefficient (Wildman–Crippen LogP) is 2.81. The minimum Gasteiger partial charge on any atom is -0.258 e. The van der Waals surface area contributed by atoms with Crippen molar-refractivity contribution in [3.05, 3.63) is 33.4 Å². The zero-order valence-electron chi connectivity index (χ0n) is 7.08. The third-order valence-corrected chi connectivity index (χ3v) is 1.93. The Balaban J connectivity index is 3.39. The summed E-state index contributed by atoms with van der Waals surface area (Å²) in [6.45, 7) is 0. The summed E-state index contributed by atoms with van der Waals surface area (Å²) in [6, 6.07) is 0. The van der Waals surface area contributed by atoms with E-state index in [2.05, 4.69) is 4.98 Å². The third kappa shape index (κ3) is 2.17. The maximum absolute atomic E-state index is 13.2. The lowest BCUT2D eigenvalue weighted by atomic mass is 10.2. The normalized spacial score (nSPS) is 10.7. The second-order valence-corrected chi connectivity index (χ2v) is 2.78. The molecule has 82 valence electrons. The molecule has 0 radical (unpaired) electrons. The van der Waals surface area contributed by atoms with Crippen LogP contribution in [0.3, 0.4) is 0 Å². The summed E-state index contributed by atoms with van der Waals surface area (Å²) < 4.78 is 37.8. The van der Waals surface area contributed by atoms with E-state index in [0.29, 0.717) is 6.20 Å². The summed E-state index contributed by atoms with van der Waals surface area (Å²) in [6.07, 6.45) is -2.57. The number of aromatic nitrogens is 1. The average Bonchev–Trinajstić information content (AvgIpc) is 2.16. The molecule has 4 nitrogen and oxygen atoms in total. The van der Waals surface area contributed by atoms with Crippen LogP contribution in [0.15, 0.2) is 6.20 Å². The van der Waals surface area contributed by atoms with Gasteiger partial charge in [0.25, 0.3) is 6.43 Å². The molecule has 0 unspecified atom stereocenters. The third-order valence-electron chi connectivity index (χ3n) is 1.66. The summed E-state index contributed by atoms with van der Waals surface area (Å²) in [5.41, 5.74) is -2.47. The number of alkyl halides is 3. The molecule has 0 fully saturated rings. The molecule has 0 amide bonds. The highest BCUT2D eigenvalue weighted by molar-refractivity contribution is 6.17. The molecule has 1 rings (SSSR count). The van der Waals surface area contributed by atoms with Crippen molar-refractivity contribution in [1.82, 2.24) is 4.98 Å². The molecule has 1 heterocycles. The fraction of sp³-hybridized carbons (Fsp3) is 0.286. The van der Waals surface area contributed by atoms with E-state index in [-0.39, 0.29) is 0 Å². The lowest BCUT2D eigenvalue weighted by molar-refractivity contribution is -0.388. The van der Waals surface area contributed by atoms with Crippen LogP contribution in [-0.4, -0.2) is 9.91 Å². The minimum atomic E-state index is -3.02. The second kappa shape index (κ2) is 4.43. The Hall–Kier alpha value is -1.37. The van der Waals surface area contributed by atoms with Gasteiger partial charge in [-0.05, 0) is 0 Å². The Morgan fingerprint density at radius 3 is 2.60 bits per heavy atom. The summed E-state index contributed by atoms with van der Waals surface area (Å²) in [5.74, 6) is -1.96. The summed E-state index contributed by atoms with van der Waals surface area (Å²) in [7, 11) is 0. The molecule has 0 aliphatic rings. The monoisotopic (exact) mass is 240 g/mol. The molecule has 0 spiro atoms. The van der Waals surface area contributed by atoms with E-state index in [0.717, 1.165) is 0 Å². The first-order chi connectivity index (χ1) is 6.99. The number of halogens is 4. The first-order valence-electron chi connectivity index (χ1n) is 3.64. The largest absolute Gasteiger partial charge is 0.323 e. The Labute approximate surface area is 86.8 Å². The van der Waals surface area contributed by atoms with Crippen LogP contribution in [0, 0.1) is 15.9 Å². The van der Waals surface area contributed by atoms with Crippen molar-refractivity contribution in [2.24, 2.45) is 0 Å². The molecule has 0 aromatic carbocycles. The van der Waals surface area contributed by atoms with Crippen LogP contribution in [0.2, 0.25) is 0 Å². The molecular formula is C7H4ClF3N2O2. The smallest absolute Gasteiger partial charge is 0.258 e. The van der Waals surface area contributed by atoms with E-state index in [9.17, 15) is 23.3 Å². The zero-order chi connectivity index (χ0) is 11.6. The van der Waals surface area contributed by atoms with Gasteiger partial charge in [0.1, 0.15) is 11.9 Å².